The Bertz CT molecular complexity index is 974. The number of primary amides is 1. The molecule has 9 nitrogen and oxygen atoms in total. The molecule has 2 aliphatic rings. The number of hydrogen-bond acceptors (Lipinski definition) is 6. The average molecular weight is 455 g/mol. The van der Waals surface area contributed by atoms with E-state index in [4.69, 9.17) is 10.5 Å². The van der Waals surface area contributed by atoms with Gasteiger partial charge in [-0.05, 0) is 44.5 Å². The number of rotatable bonds is 7. The van der Waals surface area contributed by atoms with E-state index in [0.29, 0.717) is 42.8 Å². The standard InChI is InChI=1S/C24H30N4O5/c1-15-14-27(24(31)18-8-5-4-6-9-18)12-13-28(15)23(30)17(3)33-22(26-32)20-11-7-10-19(16(20)2)21(25)29/h4-10,15,17,20,22H,11-14H2,1-3H3,(H2,25,29)/t15-,17?,20?,22?/m1/s1. The van der Waals surface area contributed by atoms with Gasteiger partial charge in [0.15, 0.2) is 6.23 Å². The normalized spacial score (nSPS) is 22.6. The predicted molar refractivity (Wildman–Crippen MR) is 123 cm³/mol. The quantitative estimate of drug-likeness (QED) is 0.633. The molecule has 9 heteroatoms. The van der Waals surface area contributed by atoms with Crippen molar-refractivity contribution in [3.63, 3.8) is 0 Å². The predicted octanol–water partition coefficient (Wildman–Crippen LogP) is 2.24. The highest BCUT2D eigenvalue weighted by atomic mass is 16.5. The Morgan fingerprint density at radius 1 is 1.18 bits per heavy atom. The zero-order valence-corrected chi connectivity index (χ0v) is 19.1. The summed E-state index contributed by atoms with van der Waals surface area (Å²) in [4.78, 5) is 52.4. The molecule has 1 fully saturated rings. The van der Waals surface area contributed by atoms with E-state index in [1.165, 1.54) is 0 Å². The second kappa shape index (κ2) is 10.5. The maximum atomic E-state index is 13.1. The van der Waals surface area contributed by atoms with Crippen LogP contribution in [-0.2, 0) is 14.3 Å². The summed E-state index contributed by atoms with van der Waals surface area (Å²) in [5.74, 6) is -1.39. The van der Waals surface area contributed by atoms with E-state index in [0.717, 1.165) is 0 Å². The number of nitroso groups, excluding NO2 is 1. The molecule has 1 aromatic carbocycles. The Morgan fingerprint density at radius 2 is 1.88 bits per heavy atom. The number of nitrogens with zero attached hydrogens (tertiary/aromatic N) is 3. The van der Waals surface area contributed by atoms with Crippen LogP contribution in [0.25, 0.3) is 0 Å². The Balaban J connectivity index is 1.63. The van der Waals surface area contributed by atoms with Crippen molar-refractivity contribution in [1.82, 2.24) is 9.80 Å². The highest BCUT2D eigenvalue weighted by Crippen LogP contribution is 2.31. The molecule has 1 saturated heterocycles. The van der Waals surface area contributed by atoms with Crippen molar-refractivity contribution >= 4 is 17.7 Å². The highest BCUT2D eigenvalue weighted by Gasteiger charge is 2.36. The summed E-state index contributed by atoms with van der Waals surface area (Å²) in [5.41, 5.74) is 6.97. The van der Waals surface area contributed by atoms with Gasteiger partial charge in [-0.2, -0.15) is 0 Å². The van der Waals surface area contributed by atoms with Gasteiger partial charge in [-0.25, -0.2) is 0 Å². The summed E-state index contributed by atoms with van der Waals surface area (Å²) in [6.07, 6.45) is 1.79. The number of nitrogens with two attached hydrogens (primary N) is 1. The minimum atomic E-state index is -1.13. The lowest BCUT2D eigenvalue weighted by atomic mass is 9.86. The molecule has 0 aromatic heterocycles. The van der Waals surface area contributed by atoms with Gasteiger partial charge in [-0.3, -0.25) is 14.4 Å². The van der Waals surface area contributed by atoms with Crippen molar-refractivity contribution in [2.45, 2.75) is 45.6 Å². The van der Waals surface area contributed by atoms with Crippen molar-refractivity contribution in [3.8, 4) is 0 Å². The number of piperazine rings is 1. The third-order valence-corrected chi connectivity index (χ3v) is 6.28. The van der Waals surface area contributed by atoms with Crippen molar-refractivity contribution < 1.29 is 19.1 Å². The topological polar surface area (TPSA) is 122 Å². The molecule has 0 saturated carbocycles. The van der Waals surface area contributed by atoms with Gasteiger partial charge in [0.25, 0.3) is 11.8 Å². The molecule has 3 amide bonds. The molecule has 0 bridgehead atoms. The maximum Gasteiger partial charge on any atom is 0.253 e. The van der Waals surface area contributed by atoms with Gasteiger partial charge in [0, 0.05) is 42.7 Å². The molecule has 3 unspecified atom stereocenters. The molecule has 2 N–H and O–H groups in total. The fraction of sp³-hybridized carbons (Fsp3) is 0.458. The lowest BCUT2D eigenvalue weighted by Gasteiger charge is -2.41. The smallest absolute Gasteiger partial charge is 0.253 e. The first-order valence-corrected chi connectivity index (χ1v) is 11.0. The Labute approximate surface area is 193 Å². The Hall–Kier alpha value is -3.33. The first-order chi connectivity index (χ1) is 15.7. The number of allylic oxidation sites excluding steroid dienone is 1. The fourth-order valence-electron chi connectivity index (χ4n) is 4.37. The molecule has 0 radical (unpaired) electrons. The monoisotopic (exact) mass is 454 g/mol. The molecule has 3 rings (SSSR count). The number of amides is 3. The number of carbonyl (C=O) groups is 3. The van der Waals surface area contributed by atoms with E-state index >= 15 is 0 Å². The molecular weight excluding hydrogens is 424 g/mol. The molecule has 0 spiro atoms. The number of benzene rings is 1. The molecule has 176 valence electrons. The van der Waals surface area contributed by atoms with Crippen LogP contribution < -0.4 is 5.73 Å². The zero-order chi connectivity index (χ0) is 24.1. The summed E-state index contributed by atoms with van der Waals surface area (Å²) in [6, 6.07) is 8.82. The van der Waals surface area contributed by atoms with E-state index < -0.39 is 24.2 Å². The van der Waals surface area contributed by atoms with E-state index in [1.54, 1.807) is 47.9 Å². The van der Waals surface area contributed by atoms with E-state index in [1.807, 2.05) is 25.1 Å². The summed E-state index contributed by atoms with van der Waals surface area (Å²) in [6.45, 7) is 6.35. The first-order valence-electron chi connectivity index (χ1n) is 11.0. The molecule has 1 aliphatic heterocycles. The van der Waals surface area contributed by atoms with Crippen LogP contribution in [0.4, 0.5) is 0 Å². The van der Waals surface area contributed by atoms with Gasteiger partial charge >= 0.3 is 0 Å². The van der Waals surface area contributed by atoms with Gasteiger partial charge in [-0.15, -0.1) is 4.91 Å². The third kappa shape index (κ3) is 5.36. The van der Waals surface area contributed by atoms with Crippen molar-refractivity contribution in [2.75, 3.05) is 19.6 Å². The molecule has 1 aliphatic carbocycles. The van der Waals surface area contributed by atoms with E-state index in [-0.39, 0.29) is 17.9 Å². The largest absolute Gasteiger partial charge is 0.366 e. The van der Waals surface area contributed by atoms with Crippen LogP contribution in [0, 0.1) is 10.8 Å². The Morgan fingerprint density at radius 3 is 2.48 bits per heavy atom. The summed E-state index contributed by atoms with van der Waals surface area (Å²) >= 11 is 0. The van der Waals surface area contributed by atoms with Gasteiger partial charge in [-0.1, -0.05) is 35.9 Å². The second-order valence-electron chi connectivity index (χ2n) is 8.48. The molecule has 33 heavy (non-hydrogen) atoms. The number of carbonyl (C=O) groups excluding carboxylic acids is 3. The molecule has 4 atom stereocenters. The SMILES string of the molecule is CC1=C(C(N)=O)C=CCC1C(N=O)OC(C)C(=O)N1CCN(C(=O)c2ccccc2)C[C@H]1C. The van der Waals surface area contributed by atoms with Crippen LogP contribution in [-0.4, -0.2) is 65.5 Å². The highest BCUT2D eigenvalue weighted by molar-refractivity contribution is 5.96. The van der Waals surface area contributed by atoms with Gasteiger partial charge < -0.3 is 20.3 Å². The number of ether oxygens (including phenoxy) is 1. The van der Waals surface area contributed by atoms with Crippen LogP contribution in [0.3, 0.4) is 0 Å². The summed E-state index contributed by atoms with van der Waals surface area (Å²) < 4.78 is 5.77. The second-order valence-corrected chi connectivity index (χ2v) is 8.48. The summed E-state index contributed by atoms with van der Waals surface area (Å²) in [5, 5.41) is 3.10. The number of hydrogen-bond donors (Lipinski definition) is 1. The fourth-order valence-corrected chi connectivity index (χ4v) is 4.37. The van der Waals surface area contributed by atoms with Crippen molar-refractivity contribution in [1.29, 1.82) is 0 Å². The third-order valence-electron chi connectivity index (χ3n) is 6.28. The van der Waals surface area contributed by atoms with Crippen LogP contribution in [0.5, 0.6) is 0 Å². The molecule has 1 heterocycles. The zero-order valence-electron chi connectivity index (χ0n) is 19.1. The van der Waals surface area contributed by atoms with E-state index in [2.05, 4.69) is 5.18 Å². The lowest BCUT2D eigenvalue weighted by Crippen LogP contribution is -2.57. The van der Waals surface area contributed by atoms with Crippen LogP contribution in [0.15, 0.2) is 58.8 Å². The van der Waals surface area contributed by atoms with E-state index in [9.17, 15) is 19.3 Å². The average Bonchev–Trinajstić information content (AvgIpc) is 2.82. The Kier molecular flexibility index (Phi) is 7.75. The van der Waals surface area contributed by atoms with Crippen molar-refractivity contribution in [2.24, 2.45) is 16.8 Å². The maximum absolute atomic E-state index is 13.1. The first kappa shape index (κ1) is 24.3. The van der Waals surface area contributed by atoms with Crippen LogP contribution >= 0.6 is 0 Å². The van der Waals surface area contributed by atoms with Gasteiger partial charge in [0.05, 0.1) is 0 Å². The minimum Gasteiger partial charge on any atom is -0.366 e. The van der Waals surface area contributed by atoms with Crippen LogP contribution in [0.1, 0.15) is 37.6 Å². The minimum absolute atomic E-state index is 0.0677. The lowest BCUT2D eigenvalue weighted by molar-refractivity contribution is -0.151. The van der Waals surface area contributed by atoms with Crippen LogP contribution in [0.2, 0.25) is 0 Å². The van der Waals surface area contributed by atoms with Gasteiger partial charge in [0.1, 0.15) is 6.10 Å². The van der Waals surface area contributed by atoms with Gasteiger partial charge in [0.2, 0.25) is 5.91 Å². The molecular formula is C24H30N4O5. The summed E-state index contributed by atoms with van der Waals surface area (Å²) in [7, 11) is 0. The van der Waals surface area contributed by atoms with Crippen molar-refractivity contribution in [3.05, 3.63) is 64.1 Å². The molecule has 1 aromatic rings.